The van der Waals surface area contributed by atoms with Crippen molar-refractivity contribution in [2.75, 3.05) is 29.2 Å². The van der Waals surface area contributed by atoms with Crippen molar-refractivity contribution in [1.29, 1.82) is 0 Å². The van der Waals surface area contributed by atoms with Crippen LogP contribution in [0.3, 0.4) is 0 Å². The molecule has 182 valence electrons. The van der Waals surface area contributed by atoms with Gasteiger partial charge in [0, 0.05) is 37.0 Å². The fourth-order valence-corrected chi connectivity index (χ4v) is 4.16. The van der Waals surface area contributed by atoms with Crippen LogP contribution in [0, 0.1) is 5.82 Å². The molecular weight excluding hydrogens is 447 g/mol. The van der Waals surface area contributed by atoms with E-state index in [9.17, 15) is 9.59 Å². The summed E-state index contributed by atoms with van der Waals surface area (Å²) < 4.78 is 20.6. The summed E-state index contributed by atoms with van der Waals surface area (Å²) in [5.41, 5.74) is 9.06. The third-order valence-electron chi connectivity index (χ3n) is 5.95. The summed E-state index contributed by atoms with van der Waals surface area (Å²) in [5.74, 6) is -0.299. The van der Waals surface area contributed by atoms with Gasteiger partial charge in [-0.05, 0) is 54.3 Å². The fourth-order valence-electron chi connectivity index (χ4n) is 4.16. The summed E-state index contributed by atoms with van der Waals surface area (Å²) in [4.78, 5) is 26.7. The molecule has 0 aliphatic carbocycles. The zero-order valence-corrected chi connectivity index (χ0v) is 19.6. The molecule has 1 aliphatic heterocycles. The second-order valence-corrected chi connectivity index (χ2v) is 8.42. The van der Waals surface area contributed by atoms with E-state index in [-0.39, 0.29) is 29.5 Å². The van der Waals surface area contributed by atoms with E-state index in [1.807, 2.05) is 24.3 Å². The minimum absolute atomic E-state index is 0.0602. The number of nitrogens with two attached hydrogens (primary N) is 1. The largest absolute Gasteiger partial charge is 0.494 e. The Morgan fingerprint density at radius 1 is 1.09 bits per heavy atom. The number of methoxy groups -OCH3 is 1. The lowest BCUT2D eigenvalue weighted by Crippen LogP contribution is -2.35. The van der Waals surface area contributed by atoms with Crippen LogP contribution in [0.15, 0.2) is 60.7 Å². The molecule has 35 heavy (non-hydrogen) atoms. The summed E-state index contributed by atoms with van der Waals surface area (Å²) in [7, 11) is 1.52. The Kier molecular flexibility index (Phi) is 7.62. The quantitative estimate of drug-likeness (QED) is 0.437. The van der Waals surface area contributed by atoms with Gasteiger partial charge in [0.25, 0.3) is 0 Å². The number of nitrogens with one attached hydrogen (secondary N) is 2. The first-order chi connectivity index (χ1) is 17.0. The van der Waals surface area contributed by atoms with Gasteiger partial charge in [-0.1, -0.05) is 24.3 Å². The molecule has 7 nitrogen and oxygen atoms in total. The first-order valence-electron chi connectivity index (χ1n) is 11.6. The second kappa shape index (κ2) is 11.0. The number of benzene rings is 3. The molecule has 0 saturated carbocycles. The number of amides is 2. The molecule has 0 unspecified atom stereocenters. The predicted octanol–water partition coefficient (Wildman–Crippen LogP) is 4.73. The molecule has 1 saturated heterocycles. The van der Waals surface area contributed by atoms with E-state index < -0.39 is 5.82 Å². The number of ether oxygens (including phenoxy) is 1. The van der Waals surface area contributed by atoms with E-state index in [0.717, 1.165) is 18.4 Å². The number of anilines is 4. The molecule has 0 bridgehead atoms. The smallest absolute Gasteiger partial charge is 0.228 e. The van der Waals surface area contributed by atoms with Crippen LogP contribution in [0.4, 0.5) is 27.1 Å². The molecule has 0 atom stereocenters. The van der Waals surface area contributed by atoms with E-state index in [2.05, 4.69) is 10.6 Å². The highest BCUT2D eigenvalue weighted by atomic mass is 19.1. The minimum atomic E-state index is -0.489. The lowest BCUT2D eigenvalue weighted by Gasteiger charge is -2.28. The summed E-state index contributed by atoms with van der Waals surface area (Å²) in [6.45, 7) is 1.03. The summed E-state index contributed by atoms with van der Waals surface area (Å²) in [5, 5.41) is 5.85. The van der Waals surface area contributed by atoms with E-state index in [1.54, 1.807) is 41.3 Å². The SMILES string of the molecule is COc1cc(NC(=O)Cc2cccc(Nc3cccc(CN)c3)c2F)ccc1N1CCCCC1=O. The standard InChI is InChI=1S/C27H29FN4O3/c1-35-24-16-21(11-12-23(24)32-13-3-2-10-26(32)34)31-25(33)15-19-7-5-9-22(27(19)28)30-20-8-4-6-18(14-20)17-29/h4-9,11-12,14,16,30H,2-3,10,13,15,17,29H2,1H3,(H,31,33). The van der Waals surface area contributed by atoms with Crippen LogP contribution in [0.1, 0.15) is 30.4 Å². The number of piperidine rings is 1. The molecule has 3 aromatic carbocycles. The Labute approximate surface area is 204 Å². The van der Waals surface area contributed by atoms with Crippen LogP contribution in [-0.2, 0) is 22.6 Å². The van der Waals surface area contributed by atoms with Gasteiger partial charge in [0.05, 0.1) is 24.9 Å². The number of nitrogens with zero attached hydrogens (tertiary/aromatic N) is 1. The first-order valence-corrected chi connectivity index (χ1v) is 11.6. The molecule has 0 aromatic heterocycles. The van der Waals surface area contributed by atoms with Crippen LogP contribution in [-0.4, -0.2) is 25.5 Å². The summed E-state index contributed by atoms with van der Waals surface area (Å²) >= 11 is 0. The van der Waals surface area contributed by atoms with Gasteiger partial charge in [-0.15, -0.1) is 0 Å². The fraction of sp³-hybridized carbons (Fsp3) is 0.259. The highest BCUT2D eigenvalue weighted by molar-refractivity contribution is 5.97. The van der Waals surface area contributed by atoms with Gasteiger partial charge >= 0.3 is 0 Å². The van der Waals surface area contributed by atoms with Gasteiger partial charge in [0.1, 0.15) is 11.6 Å². The average molecular weight is 477 g/mol. The highest BCUT2D eigenvalue weighted by Crippen LogP contribution is 2.33. The van der Waals surface area contributed by atoms with Crippen molar-refractivity contribution < 1.29 is 18.7 Å². The van der Waals surface area contributed by atoms with Crippen LogP contribution in [0.25, 0.3) is 0 Å². The number of hydrogen-bond acceptors (Lipinski definition) is 5. The van der Waals surface area contributed by atoms with Gasteiger partial charge in [0.2, 0.25) is 11.8 Å². The molecule has 3 aromatic rings. The highest BCUT2D eigenvalue weighted by Gasteiger charge is 2.23. The number of rotatable bonds is 8. The van der Waals surface area contributed by atoms with Crippen molar-refractivity contribution in [2.45, 2.75) is 32.2 Å². The maximum Gasteiger partial charge on any atom is 0.228 e. The van der Waals surface area contributed by atoms with Crippen LogP contribution < -0.4 is 26.0 Å². The zero-order valence-electron chi connectivity index (χ0n) is 19.6. The van der Waals surface area contributed by atoms with Gasteiger partial charge in [-0.25, -0.2) is 4.39 Å². The molecule has 2 amide bonds. The third kappa shape index (κ3) is 5.78. The molecule has 0 spiro atoms. The molecule has 8 heteroatoms. The topological polar surface area (TPSA) is 96.7 Å². The van der Waals surface area contributed by atoms with Crippen molar-refractivity contribution in [1.82, 2.24) is 0 Å². The molecule has 1 heterocycles. The van der Waals surface area contributed by atoms with E-state index in [1.165, 1.54) is 7.11 Å². The normalized spacial score (nSPS) is 13.5. The third-order valence-corrected chi connectivity index (χ3v) is 5.95. The van der Waals surface area contributed by atoms with Gasteiger partial charge in [0.15, 0.2) is 0 Å². The van der Waals surface area contributed by atoms with Crippen LogP contribution in [0.2, 0.25) is 0 Å². The zero-order chi connectivity index (χ0) is 24.8. The Hall–Kier alpha value is -3.91. The molecule has 4 N–H and O–H groups in total. The maximum atomic E-state index is 15.1. The van der Waals surface area contributed by atoms with E-state index in [4.69, 9.17) is 10.5 Å². The van der Waals surface area contributed by atoms with Crippen molar-refractivity contribution in [2.24, 2.45) is 5.73 Å². The minimum Gasteiger partial charge on any atom is -0.494 e. The number of carbonyl (C=O) groups excluding carboxylic acids is 2. The Morgan fingerprint density at radius 2 is 1.91 bits per heavy atom. The van der Waals surface area contributed by atoms with Crippen LogP contribution >= 0.6 is 0 Å². The Morgan fingerprint density at radius 3 is 2.69 bits per heavy atom. The summed E-state index contributed by atoms with van der Waals surface area (Å²) in [6, 6.07) is 17.5. The molecule has 0 radical (unpaired) electrons. The Bertz CT molecular complexity index is 1230. The second-order valence-electron chi connectivity index (χ2n) is 8.42. The predicted molar refractivity (Wildman–Crippen MR) is 136 cm³/mol. The lowest BCUT2D eigenvalue weighted by atomic mass is 10.1. The van der Waals surface area contributed by atoms with Crippen molar-refractivity contribution >= 4 is 34.6 Å². The maximum absolute atomic E-state index is 15.1. The van der Waals surface area contributed by atoms with Gasteiger partial charge in [-0.3, -0.25) is 9.59 Å². The molecular formula is C27H29FN4O3. The molecule has 4 rings (SSSR count). The number of halogens is 1. The van der Waals surface area contributed by atoms with Gasteiger partial charge in [-0.2, -0.15) is 0 Å². The average Bonchev–Trinajstić information content (AvgIpc) is 2.87. The molecule has 1 fully saturated rings. The van der Waals surface area contributed by atoms with Crippen molar-refractivity contribution in [3.05, 3.63) is 77.6 Å². The monoisotopic (exact) mass is 476 g/mol. The van der Waals surface area contributed by atoms with E-state index >= 15 is 4.39 Å². The lowest BCUT2D eigenvalue weighted by molar-refractivity contribution is -0.119. The summed E-state index contributed by atoms with van der Waals surface area (Å²) in [6.07, 6.45) is 2.20. The number of carbonyl (C=O) groups is 2. The van der Waals surface area contributed by atoms with Crippen LogP contribution in [0.5, 0.6) is 5.75 Å². The first kappa shape index (κ1) is 24.2. The van der Waals surface area contributed by atoms with Gasteiger partial charge < -0.3 is 26.0 Å². The van der Waals surface area contributed by atoms with E-state index in [0.29, 0.717) is 42.3 Å². The molecule has 1 aliphatic rings. The number of hydrogen-bond donors (Lipinski definition) is 3. The van der Waals surface area contributed by atoms with Crippen molar-refractivity contribution in [3.8, 4) is 5.75 Å². The van der Waals surface area contributed by atoms with Crippen molar-refractivity contribution in [3.63, 3.8) is 0 Å². The Balaban J connectivity index is 1.45.